The van der Waals surface area contributed by atoms with Gasteiger partial charge in [-0.3, -0.25) is 9.59 Å². The van der Waals surface area contributed by atoms with Gasteiger partial charge in [-0.1, -0.05) is 6.42 Å². The van der Waals surface area contributed by atoms with E-state index in [1.165, 1.54) is 33.1 Å². The van der Waals surface area contributed by atoms with Crippen LogP contribution in [0.1, 0.15) is 46.0 Å². The monoisotopic (exact) mass is 268 g/mol. The molecule has 108 valence electrons. The average Bonchev–Trinajstić information content (AvgIpc) is 2.30. The molecule has 0 saturated carbocycles. The van der Waals surface area contributed by atoms with Gasteiger partial charge in [-0.25, -0.2) is 0 Å². The van der Waals surface area contributed by atoms with Crippen LogP contribution in [0.5, 0.6) is 0 Å². The van der Waals surface area contributed by atoms with Gasteiger partial charge in [0, 0.05) is 18.1 Å². The number of nitrogens with zero attached hydrogens (tertiary/aromatic N) is 1. The minimum absolute atomic E-state index is 0.123. The molecule has 2 unspecified atom stereocenters. The second-order valence-corrected chi connectivity index (χ2v) is 6.48. The van der Waals surface area contributed by atoms with Crippen LogP contribution in [0, 0.1) is 5.41 Å². The topological polar surface area (TPSA) is 69.6 Å². The van der Waals surface area contributed by atoms with Crippen LogP contribution in [0.15, 0.2) is 0 Å². The van der Waals surface area contributed by atoms with Crippen LogP contribution in [-0.2, 0) is 9.59 Å². The normalized spacial score (nSPS) is 31.8. The van der Waals surface area contributed by atoms with Gasteiger partial charge in [-0.2, -0.15) is 0 Å². The lowest BCUT2D eigenvalue weighted by Gasteiger charge is -2.47. The van der Waals surface area contributed by atoms with Crippen molar-refractivity contribution in [1.82, 2.24) is 10.2 Å². The van der Waals surface area contributed by atoms with E-state index in [1.807, 2.05) is 0 Å². The number of hydrogen-bond donors (Lipinski definition) is 2. The van der Waals surface area contributed by atoms with Crippen molar-refractivity contribution in [2.45, 2.75) is 64.1 Å². The third kappa shape index (κ3) is 2.76. The van der Waals surface area contributed by atoms with Gasteiger partial charge in [-0.15, -0.1) is 0 Å². The van der Waals surface area contributed by atoms with Crippen molar-refractivity contribution in [3.8, 4) is 0 Å². The number of aliphatic carboxylic acids is 1. The second kappa shape index (κ2) is 5.12. The molecule has 2 fully saturated rings. The summed E-state index contributed by atoms with van der Waals surface area (Å²) in [7, 11) is 2.16. The average molecular weight is 268 g/mol. The minimum Gasteiger partial charge on any atom is -0.480 e. The molecule has 1 amide bonds. The predicted octanol–water partition coefficient (Wildman–Crippen LogP) is 1.23. The molecular weight excluding hydrogens is 244 g/mol. The number of hydrogen-bond acceptors (Lipinski definition) is 3. The van der Waals surface area contributed by atoms with Crippen LogP contribution in [0.25, 0.3) is 0 Å². The van der Waals surface area contributed by atoms with Crippen molar-refractivity contribution in [3.63, 3.8) is 0 Å². The molecule has 5 nitrogen and oxygen atoms in total. The van der Waals surface area contributed by atoms with Crippen molar-refractivity contribution in [2.75, 3.05) is 7.05 Å². The van der Waals surface area contributed by atoms with Gasteiger partial charge in [-0.05, 0) is 46.6 Å². The van der Waals surface area contributed by atoms with Gasteiger partial charge in [0.05, 0.1) is 0 Å². The van der Waals surface area contributed by atoms with E-state index in [-0.39, 0.29) is 11.9 Å². The molecule has 2 heterocycles. The Labute approximate surface area is 114 Å². The van der Waals surface area contributed by atoms with Gasteiger partial charge in [0.25, 0.3) is 0 Å². The number of fused-ring (bicyclic) bond motifs is 2. The Morgan fingerprint density at radius 1 is 1.21 bits per heavy atom. The number of carboxylic acids is 1. The van der Waals surface area contributed by atoms with Crippen LogP contribution in [0.4, 0.5) is 0 Å². The molecule has 0 aromatic heterocycles. The first-order chi connectivity index (χ1) is 8.82. The number of carbonyl (C=O) groups is 2. The highest BCUT2D eigenvalue weighted by Gasteiger charge is 2.40. The molecule has 2 aliphatic heterocycles. The first-order valence-corrected chi connectivity index (χ1v) is 7.08. The Morgan fingerprint density at radius 2 is 1.74 bits per heavy atom. The van der Waals surface area contributed by atoms with Crippen LogP contribution in [0.3, 0.4) is 0 Å². The summed E-state index contributed by atoms with van der Waals surface area (Å²) in [6, 6.07) is 1.19. The third-order valence-electron chi connectivity index (χ3n) is 4.78. The SMILES string of the molecule is CN1C2CCCC1CC(NC(=O)C(C)(C)C(=O)O)C2. The molecule has 2 N–H and O–H groups in total. The first-order valence-electron chi connectivity index (χ1n) is 7.08. The summed E-state index contributed by atoms with van der Waals surface area (Å²) < 4.78 is 0. The van der Waals surface area contributed by atoms with Gasteiger partial charge in [0.2, 0.25) is 5.91 Å². The molecule has 2 aliphatic rings. The van der Waals surface area contributed by atoms with Gasteiger partial charge >= 0.3 is 5.97 Å². The molecule has 0 radical (unpaired) electrons. The zero-order chi connectivity index (χ0) is 14.2. The number of nitrogens with one attached hydrogen (secondary N) is 1. The van der Waals surface area contributed by atoms with E-state index in [9.17, 15) is 9.59 Å². The summed E-state index contributed by atoms with van der Waals surface area (Å²) in [5.74, 6) is -1.44. The minimum atomic E-state index is -1.35. The molecule has 0 spiro atoms. The molecule has 2 saturated heterocycles. The number of carbonyl (C=O) groups excluding carboxylic acids is 1. The lowest BCUT2D eigenvalue weighted by atomic mass is 9.81. The summed E-state index contributed by atoms with van der Waals surface area (Å²) in [6.45, 7) is 2.92. The summed E-state index contributed by atoms with van der Waals surface area (Å²) >= 11 is 0. The van der Waals surface area contributed by atoms with Crippen LogP contribution < -0.4 is 5.32 Å². The number of amides is 1. The molecular formula is C14H24N2O3. The molecule has 0 aromatic carbocycles. The smallest absolute Gasteiger partial charge is 0.318 e. The Bertz CT molecular complexity index is 367. The Hall–Kier alpha value is -1.10. The van der Waals surface area contributed by atoms with E-state index in [0.717, 1.165) is 12.8 Å². The standard InChI is InChI=1S/C14H24N2O3/c1-14(2,13(18)19)12(17)15-9-7-10-5-4-6-11(8-9)16(10)3/h9-11H,4-8H2,1-3H3,(H,15,17)(H,18,19). The molecule has 0 aromatic rings. The van der Waals surface area contributed by atoms with Crippen molar-refractivity contribution in [3.05, 3.63) is 0 Å². The van der Waals surface area contributed by atoms with E-state index in [0.29, 0.717) is 12.1 Å². The summed E-state index contributed by atoms with van der Waals surface area (Å²) in [5.41, 5.74) is -1.35. The van der Waals surface area contributed by atoms with E-state index < -0.39 is 11.4 Å². The van der Waals surface area contributed by atoms with Gasteiger partial charge in [0.1, 0.15) is 5.41 Å². The summed E-state index contributed by atoms with van der Waals surface area (Å²) in [5, 5.41) is 12.0. The fourth-order valence-electron chi connectivity index (χ4n) is 3.20. The molecule has 5 heteroatoms. The van der Waals surface area contributed by atoms with Crippen molar-refractivity contribution in [1.29, 1.82) is 0 Å². The van der Waals surface area contributed by atoms with Gasteiger partial charge < -0.3 is 15.3 Å². The summed E-state index contributed by atoms with van der Waals surface area (Å²) in [4.78, 5) is 25.6. The van der Waals surface area contributed by atoms with Gasteiger partial charge in [0.15, 0.2) is 0 Å². The third-order valence-corrected chi connectivity index (χ3v) is 4.78. The van der Waals surface area contributed by atoms with E-state index in [2.05, 4.69) is 17.3 Å². The van der Waals surface area contributed by atoms with Crippen LogP contribution >= 0.6 is 0 Å². The largest absolute Gasteiger partial charge is 0.480 e. The molecule has 2 atom stereocenters. The van der Waals surface area contributed by atoms with Crippen molar-refractivity contribution >= 4 is 11.9 Å². The Kier molecular flexibility index (Phi) is 3.85. The molecule has 19 heavy (non-hydrogen) atoms. The summed E-state index contributed by atoms with van der Waals surface area (Å²) in [6.07, 6.45) is 5.51. The maximum atomic E-state index is 12.1. The molecule has 0 aliphatic carbocycles. The van der Waals surface area contributed by atoms with Crippen molar-refractivity contribution in [2.24, 2.45) is 5.41 Å². The maximum Gasteiger partial charge on any atom is 0.318 e. The zero-order valence-corrected chi connectivity index (χ0v) is 12.0. The zero-order valence-electron chi connectivity index (χ0n) is 12.0. The Balaban J connectivity index is 1.98. The second-order valence-electron chi connectivity index (χ2n) is 6.48. The van der Waals surface area contributed by atoms with E-state index in [4.69, 9.17) is 5.11 Å². The molecule has 2 rings (SSSR count). The highest BCUT2D eigenvalue weighted by Crippen LogP contribution is 2.33. The maximum absolute atomic E-state index is 12.1. The highest BCUT2D eigenvalue weighted by molar-refractivity contribution is 6.01. The lowest BCUT2D eigenvalue weighted by molar-refractivity contribution is -0.153. The molecule has 2 bridgehead atoms. The van der Waals surface area contributed by atoms with Crippen molar-refractivity contribution < 1.29 is 14.7 Å². The first kappa shape index (κ1) is 14.3. The van der Waals surface area contributed by atoms with E-state index >= 15 is 0 Å². The Morgan fingerprint density at radius 3 is 2.21 bits per heavy atom. The van der Waals surface area contributed by atoms with Crippen LogP contribution in [-0.4, -0.2) is 47.1 Å². The fraction of sp³-hybridized carbons (Fsp3) is 0.857. The fourth-order valence-corrected chi connectivity index (χ4v) is 3.20. The predicted molar refractivity (Wildman–Crippen MR) is 71.8 cm³/mol. The highest BCUT2D eigenvalue weighted by atomic mass is 16.4. The lowest BCUT2D eigenvalue weighted by Crippen LogP contribution is -2.57. The quantitative estimate of drug-likeness (QED) is 0.755. The van der Waals surface area contributed by atoms with E-state index in [1.54, 1.807) is 0 Å². The number of rotatable bonds is 3. The number of piperidine rings is 2. The van der Waals surface area contributed by atoms with Crippen LogP contribution in [0.2, 0.25) is 0 Å². The number of carboxylic acid groups (broad SMARTS) is 1.